The summed E-state index contributed by atoms with van der Waals surface area (Å²) in [6, 6.07) is 3.71. The predicted octanol–water partition coefficient (Wildman–Crippen LogP) is -0.164. The average molecular weight is 226 g/mol. The molecule has 1 aliphatic rings. The number of hydrogen-bond acceptors (Lipinski definition) is 3. The SMILES string of the molecule is O[C@H](COCc1ccco1)C[NH+]1CCCC1. The van der Waals surface area contributed by atoms with Crippen molar-refractivity contribution in [2.45, 2.75) is 25.6 Å². The van der Waals surface area contributed by atoms with E-state index >= 15 is 0 Å². The lowest BCUT2D eigenvalue weighted by molar-refractivity contribution is -0.890. The molecule has 90 valence electrons. The Bertz CT molecular complexity index is 280. The number of aliphatic hydroxyl groups excluding tert-OH is 1. The van der Waals surface area contributed by atoms with Gasteiger partial charge in [-0.05, 0) is 12.1 Å². The summed E-state index contributed by atoms with van der Waals surface area (Å²) in [6.45, 7) is 4.02. The third-order valence-corrected chi connectivity index (χ3v) is 2.97. The van der Waals surface area contributed by atoms with Crippen molar-refractivity contribution in [1.29, 1.82) is 0 Å². The van der Waals surface area contributed by atoms with Gasteiger partial charge in [0.1, 0.15) is 25.0 Å². The van der Waals surface area contributed by atoms with Crippen molar-refractivity contribution in [2.75, 3.05) is 26.2 Å². The molecule has 0 aromatic carbocycles. The maximum absolute atomic E-state index is 9.76. The van der Waals surface area contributed by atoms with E-state index in [4.69, 9.17) is 9.15 Å². The molecule has 0 saturated carbocycles. The van der Waals surface area contributed by atoms with Gasteiger partial charge in [-0.2, -0.15) is 0 Å². The molecule has 0 amide bonds. The zero-order valence-corrected chi connectivity index (χ0v) is 9.52. The molecule has 1 saturated heterocycles. The quantitative estimate of drug-likeness (QED) is 0.708. The van der Waals surface area contributed by atoms with Crippen molar-refractivity contribution in [3.63, 3.8) is 0 Å². The first-order valence-corrected chi connectivity index (χ1v) is 5.96. The Balaban J connectivity index is 1.58. The van der Waals surface area contributed by atoms with Crippen molar-refractivity contribution in [1.82, 2.24) is 0 Å². The molecule has 1 atom stereocenters. The van der Waals surface area contributed by atoms with Gasteiger partial charge in [0.05, 0.1) is 26.0 Å². The number of nitrogens with one attached hydrogen (secondary N) is 1. The monoisotopic (exact) mass is 226 g/mol. The van der Waals surface area contributed by atoms with Crippen LogP contribution < -0.4 is 4.90 Å². The van der Waals surface area contributed by atoms with Gasteiger partial charge in [-0.15, -0.1) is 0 Å². The van der Waals surface area contributed by atoms with Gasteiger partial charge in [0.2, 0.25) is 0 Å². The molecule has 1 fully saturated rings. The van der Waals surface area contributed by atoms with Crippen LogP contribution in [-0.2, 0) is 11.3 Å². The summed E-state index contributed by atoms with van der Waals surface area (Å²) in [7, 11) is 0. The molecule has 2 rings (SSSR count). The van der Waals surface area contributed by atoms with E-state index in [0.29, 0.717) is 13.2 Å². The molecule has 2 N–H and O–H groups in total. The first kappa shape index (κ1) is 11.6. The van der Waals surface area contributed by atoms with E-state index in [2.05, 4.69) is 0 Å². The van der Waals surface area contributed by atoms with Gasteiger partial charge >= 0.3 is 0 Å². The standard InChI is InChI=1S/C12H19NO3/c14-11(8-13-5-1-2-6-13)9-15-10-12-4-3-7-16-12/h3-4,7,11,14H,1-2,5-6,8-10H2/p+1/t11-/m0/s1. The van der Waals surface area contributed by atoms with Crippen LogP contribution in [0.5, 0.6) is 0 Å². The maximum Gasteiger partial charge on any atom is 0.129 e. The fourth-order valence-corrected chi connectivity index (χ4v) is 2.16. The van der Waals surface area contributed by atoms with E-state index in [1.807, 2.05) is 12.1 Å². The highest BCUT2D eigenvalue weighted by Gasteiger charge is 2.19. The lowest BCUT2D eigenvalue weighted by atomic mass is 10.3. The van der Waals surface area contributed by atoms with E-state index in [1.54, 1.807) is 6.26 Å². The van der Waals surface area contributed by atoms with E-state index in [1.165, 1.54) is 30.8 Å². The molecule has 16 heavy (non-hydrogen) atoms. The Kier molecular flexibility index (Phi) is 4.39. The minimum atomic E-state index is -0.358. The number of furan rings is 1. The fourth-order valence-electron chi connectivity index (χ4n) is 2.16. The molecule has 4 nitrogen and oxygen atoms in total. The molecular formula is C12H20NO3+. The van der Waals surface area contributed by atoms with Crippen molar-refractivity contribution >= 4 is 0 Å². The summed E-state index contributed by atoms with van der Waals surface area (Å²) in [6.07, 6.45) is 3.84. The van der Waals surface area contributed by atoms with Crippen molar-refractivity contribution in [3.8, 4) is 0 Å². The Hall–Kier alpha value is -0.840. The average Bonchev–Trinajstić information content (AvgIpc) is 2.90. The van der Waals surface area contributed by atoms with Crippen LogP contribution in [0.4, 0.5) is 0 Å². The molecule has 1 aromatic rings. The van der Waals surface area contributed by atoms with Crippen LogP contribution in [0.3, 0.4) is 0 Å². The van der Waals surface area contributed by atoms with Gasteiger partial charge in [-0.1, -0.05) is 0 Å². The number of quaternary nitrogens is 1. The number of hydrogen-bond donors (Lipinski definition) is 2. The summed E-state index contributed by atoms with van der Waals surface area (Å²) in [5.41, 5.74) is 0. The molecule has 4 heteroatoms. The van der Waals surface area contributed by atoms with Crippen molar-refractivity contribution < 1.29 is 19.2 Å². The number of aliphatic hydroxyl groups is 1. The third-order valence-electron chi connectivity index (χ3n) is 2.97. The third kappa shape index (κ3) is 3.63. The second-order valence-electron chi connectivity index (χ2n) is 4.41. The lowest BCUT2D eigenvalue weighted by Gasteiger charge is -2.16. The molecule has 0 unspecified atom stereocenters. The highest BCUT2D eigenvalue weighted by molar-refractivity contribution is 4.95. The normalized spacial score (nSPS) is 19.1. The Morgan fingerprint density at radius 2 is 2.25 bits per heavy atom. The van der Waals surface area contributed by atoms with Gasteiger partial charge in [-0.3, -0.25) is 0 Å². The second kappa shape index (κ2) is 6.03. The summed E-state index contributed by atoms with van der Waals surface area (Å²) >= 11 is 0. The highest BCUT2D eigenvalue weighted by atomic mass is 16.5. The summed E-state index contributed by atoms with van der Waals surface area (Å²) in [5.74, 6) is 0.806. The number of rotatable bonds is 6. The van der Waals surface area contributed by atoms with Crippen LogP contribution in [0.15, 0.2) is 22.8 Å². The molecule has 0 radical (unpaired) electrons. The summed E-state index contributed by atoms with van der Waals surface area (Å²) < 4.78 is 10.5. The first-order valence-electron chi connectivity index (χ1n) is 5.96. The lowest BCUT2D eigenvalue weighted by Crippen LogP contribution is -3.11. The number of likely N-dealkylation sites (tertiary alicyclic amines) is 1. The molecule has 0 aliphatic carbocycles. The van der Waals surface area contributed by atoms with Crippen LogP contribution >= 0.6 is 0 Å². The predicted molar refractivity (Wildman–Crippen MR) is 59.2 cm³/mol. The smallest absolute Gasteiger partial charge is 0.129 e. The second-order valence-corrected chi connectivity index (χ2v) is 4.41. The van der Waals surface area contributed by atoms with Crippen LogP contribution in [0.25, 0.3) is 0 Å². The Morgan fingerprint density at radius 3 is 2.94 bits per heavy atom. The molecule has 1 aromatic heterocycles. The minimum absolute atomic E-state index is 0.358. The Morgan fingerprint density at radius 1 is 1.44 bits per heavy atom. The molecule has 2 heterocycles. The van der Waals surface area contributed by atoms with Gasteiger partial charge < -0.3 is 19.2 Å². The van der Waals surface area contributed by atoms with E-state index in [0.717, 1.165) is 12.3 Å². The minimum Gasteiger partial charge on any atom is -0.467 e. The summed E-state index contributed by atoms with van der Waals surface area (Å²) in [5, 5.41) is 9.76. The fraction of sp³-hybridized carbons (Fsp3) is 0.667. The first-order chi connectivity index (χ1) is 7.84. The molecule has 0 bridgehead atoms. The molecular weight excluding hydrogens is 206 g/mol. The zero-order valence-electron chi connectivity index (χ0n) is 9.52. The largest absolute Gasteiger partial charge is 0.467 e. The van der Waals surface area contributed by atoms with Crippen LogP contribution in [0.2, 0.25) is 0 Å². The van der Waals surface area contributed by atoms with Gasteiger partial charge in [0, 0.05) is 12.8 Å². The van der Waals surface area contributed by atoms with Crippen LogP contribution in [0, 0.1) is 0 Å². The molecule has 0 spiro atoms. The van der Waals surface area contributed by atoms with E-state index in [-0.39, 0.29) is 6.10 Å². The summed E-state index contributed by atoms with van der Waals surface area (Å²) in [4.78, 5) is 1.49. The van der Waals surface area contributed by atoms with E-state index in [9.17, 15) is 5.11 Å². The van der Waals surface area contributed by atoms with Crippen molar-refractivity contribution in [3.05, 3.63) is 24.2 Å². The Labute approximate surface area is 95.8 Å². The van der Waals surface area contributed by atoms with Crippen LogP contribution in [0.1, 0.15) is 18.6 Å². The van der Waals surface area contributed by atoms with Gasteiger partial charge in [-0.25, -0.2) is 0 Å². The van der Waals surface area contributed by atoms with Crippen molar-refractivity contribution in [2.24, 2.45) is 0 Å². The van der Waals surface area contributed by atoms with Gasteiger partial charge in [0.15, 0.2) is 0 Å². The van der Waals surface area contributed by atoms with Crippen LogP contribution in [-0.4, -0.2) is 37.5 Å². The highest BCUT2D eigenvalue weighted by Crippen LogP contribution is 2.01. The van der Waals surface area contributed by atoms with Gasteiger partial charge in [0.25, 0.3) is 0 Å². The zero-order chi connectivity index (χ0) is 11.2. The van der Waals surface area contributed by atoms with E-state index < -0.39 is 0 Å². The molecule has 1 aliphatic heterocycles. The number of ether oxygens (including phenoxy) is 1. The maximum atomic E-state index is 9.76. The topological polar surface area (TPSA) is 47.0 Å².